The summed E-state index contributed by atoms with van der Waals surface area (Å²) in [6.45, 7) is 0. The second kappa shape index (κ2) is 5.02. The molecule has 0 bridgehead atoms. The molecule has 2 nitrogen and oxygen atoms in total. The highest BCUT2D eigenvalue weighted by Crippen LogP contribution is 2.23. The first-order valence-corrected chi connectivity index (χ1v) is 4.41. The molecule has 0 aliphatic heterocycles. The minimum absolute atomic E-state index is 0.0198. The Balaban J connectivity index is 2.89. The molecule has 1 aromatic rings. The number of alkyl halides is 2. The molecule has 1 rings (SSSR count). The molecule has 5 heteroatoms. The van der Waals surface area contributed by atoms with E-state index in [0.717, 1.165) is 0 Å². The van der Waals surface area contributed by atoms with Crippen LogP contribution in [0, 0.1) is 5.82 Å². The first kappa shape index (κ1) is 11.8. The number of ether oxygens (including phenoxy) is 1. The van der Waals surface area contributed by atoms with Crippen LogP contribution in [0.25, 0.3) is 0 Å². The van der Waals surface area contributed by atoms with E-state index in [-0.39, 0.29) is 12.2 Å². The van der Waals surface area contributed by atoms with Crippen LogP contribution in [0.4, 0.5) is 13.2 Å². The Hall–Kier alpha value is -1.23. The lowest BCUT2D eigenvalue weighted by atomic mass is 10.1. The van der Waals surface area contributed by atoms with Crippen molar-refractivity contribution in [1.29, 1.82) is 0 Å². The Labute approximate surface area is 85.8 Å². The largest absolute Gasteiger partial charge is 0.493 e. The SMILES string of the molecule is COc1c(F)cccc1CC(N)C(F)F. The monoisotopic (exact) mass is 219 g/mol. The lowest BCUT2D eigenvalue weighted by Crippen LogP contribution is -2.31. The summed E-state index contributed by atoms with van der Waals surface area (Å²) in [5, 5.41) is 0. The maximum absolute atomic E-state index is 13.1. The second-order valence-corrected chi connectivity index (χ2v) is 3.13. The van der Waals surface area contributed by atoms with Crippen LogP contribution in [0.1, 0.15) is 5.56 Å². The van der Waals surface area contributed by atoms with Crippen LogP contribution in [0.15, 0.2) is 18.2 Å². The van der Waals surface area contributed by atoms with Gasteiger partial charge in [0.25, 0.3) is 6.43 Å². The van der Waals surface area contributed by atoms with Gasteiger partial charge >= 0.3 is 0 Å². The number of hydrogen-bond donors (Lipinski definition) is 1. The molecule has 0 saturated carbocycles. The van der Waals surface area contributed by atoms with Crippen LogP contribution in [-0.2, 0) is 6.42 Å². The lowest BCUT2D eigenvalue weighted by Gasteiger charge is -2.13. The summed E-state index contributed by atoms with van der Waals surface area (Å²) in [6.07, 6.45) is -2.74. The number of nitrogens with two attached hydrogens (primary N) is 1. The van der Waals surface area contributed by atoms with Crippen LogP contribution in [-0.4, -0.2) is 19.6 Å². The van der Waals surface area contributed by atoms with Crippen molar-refractivity contribution in [2.45, 2.75) is 18.9 Å². The van der Waals surface area contributed by atoms with Crippen molar-refractivity contribution in [3.05, 3.63) is 29.6 Å². The zero-order valence-electron chi connectivity index (χ0n) is 8.21. The summed E-state index contributed by atoms with van der Waals surface area (Å²) in [4.78, 5) is 0. The highest BCUT2D eigenvalue weighted by molar-refractivity contribution is 5.35. The molecule has 0 spiro atoms. The number of methoxy groups -OCH3 is 1. The molecule has 0 heterocycles. The van der Waals surface area contributed by atoms with Crippen molar-refractivity contribution >= 4 is 0 Å². The Kier molecular flexibility index (Phi) is 3.96. The minimum atomic E-state index is -2.63. The summed E-state index contributed by atoms with van der Waals surface area (Å²) < 4.78 is 42.3. The Bertz CT molecular complexity index is 330. The summed E-state index contributed by atoms with van der Waals surface area (Å²) >= 11 is 0. The molecule has 0 radical (unpaired) electrons. The standard InChI is InChI=1S/C10H12F3NO/c1-15-9-6(3-2-4-7(9)11)5-8(14)10(12)13/h2-4,8,10H,5,14H2,1H3. The smallest absolute Gasteiger partial charge is 0.253 e. The molecule has 0 amide bonds. The number of rotatable bonds is 4. The molecule has 1 atom stereocenters. The van der Waals surface area contributed by atoms with Gasteiger partial charge in [-0.3, -0.25) is 0 Å². The lowest BCUT2D eigenvalue weighted by molar-refractivity contribution is 0.115. The van der Waals surface area contributed by atoms with Crippen LogP contribution >= 0.6 is 0 Å². The van der Waals surface area contributed by atoms with E-state index in [1.54, 1.807) is 0 Å². The van der Waals surface area contributed by atoms with Crippen molar-refractivity contribution in [3.8, 4) is 5.75 Å². The number of hydrogen-bond acceptors (Lipinski definition) is 2. The van der Waals surface area contributed by atoms with E-state index in [1.807, 2.05) is 0 Å². The van der Waals surface area contributed by atoms with Crippen molar-refractivity contribution in [3.63, 3.8) is 0 Å². The third-order valence-electron chi connectivity index (χ3n) is 2.03. The van der Waals surface area contributed by atoms with E-state index in [1.165, 1.54) is 25.3 Å². The van der Waals surface area contributed by atoms with Gasteiger partial charge in [0.15, 0.2) is 11.6 Å². The van der Waals surface area contributed by atoms with E-state index in [4.69, 9.17) is 10.5 Å². The van der Waals surface area contributed by atoms with Gasteiger partial charge < -0.3 is 10.5 Å². The Morgan fingerprint density at radius 2 is 2.07 bits per heavy atom. The predicted octanol–water partition coefficient (Wildman–Crippen LogP) is 1.97. The first-order chi connectivity index (χ1) is 7.06. The van der Waals surface area contributed by atoms with Crippen LogP contribution in [0.3, 0.4) is 0 Å². The average molecular weight is 219 g/mol. The van der Waals surface area contributed by atoms with E-state index < -0.39 is 18.3 Å². The molecule has 2 N–H and O–H groups in total. The molecule has 0 aromatic heterocycles. The molecule has 0 aliphatic carbocycles. The Morgan fingerprint density at radius 3 is 2.60 bits per heavy atom. The van der Waals surface area contributed by atoms with Crippen molar-refractivity contribution in [2.24, 2.45) is 5.73 Å². The van der Waals surface area contributed by atoms with Crippen LogP contribution < -0.4 is 10.5 Å². The Morgan fingerprint density at radius 1 is 1.40 bits per heavy atom. The third-order valence-corrected chi connectivity index (χ3v) is 2.03. The normalized spacial score (nSPS) is 12.9. The number of para-hydroxylation sites is 1. The summed E-state index contributed by atoms with van der Waals surface area (Å²) in [5.41, 5.74) is 5.55. The minimum Gasteiger partial charge on any atom is -0.493 e. The van der Waals surface area contributed by atoms with E-state index in [0.29, 0.717) is 5.56 Å². The van der Waals surface area contributed by atoms with Gasteiger partial charge in [-0.2, -0.15) is 0 Å². The number of halogens is 3. The number of benzene rings is 1. The van der Waals surface area contributed by atoms with E-state index >= 15 is 0 Å². The second-order valence-electron chi connectivity index (χ2n) is 3.13. The molecular weight excluding hydrogens is 207 g/mol. The van der Waals surface area contributed by atoms with Gasteiger partial charge in [0.05, 0.1) is 13.2 Å². The predicted molar refractivity (Wildman–Crippen MR) is 50.6 cm³/mol. The maximum atomic E-state index is 13.1. The molecule has 0 aliphatic rings. The van der Waals surface area contributed by atoms with Crippen molar-refractivity contribution < 1.29 is 17.9 Å². The first-order valence-electron chi connectivity index (χ1n) is 4.41. The van der Waals surface area contributed by atoms with Gasteiger partial charge in [-0.15, -0.1) is 0 Å². The van der Waals surface area contributed by atoms with Gasteiger partial charge in [-0.1, -0.05) is 12.1 Å². The maximum Gasteiger partial charge on any atom is 0.253 e. The fourth-order valence-electron chi connectivity index (χ4n) is 1.29. The van der Waals surface area contributed by atoms with E-state index in [9.17, 15) is 13.2 Å². The van der Waals surface area contributed by atoms with Crippen LogP contribution in [0.5, 0.6) is 5.75 Å². The fourth-order valence-corrected chi connectivity index (χ4v) is 1.29. The average Bonchev–Trinajstić information content (AvgIpc) is 2.18. The highest BCUT2D eigenvalue weighted by atomic mass is 19.3. The topological polar surface area (TPSA) is 35.2 Å². The zero-order chi connectivity index (χ0) is 11.4. The molecule has 1 unspecified atom stereocenters. The molecule has 0 fully saturated rings. The molecular formula is C10H12F3NO. The van der Waals surface area contributed by atoms with Crippen molar-refractivity contribution in [2.75, 3.05) is 7.11 Å². The van der Waals surface area contributed by atoms with Gasteiger partial charge in [0.1, 0.15) is 0 Å². The van der Waals surface area contributed by atoms with Gasteiger partial charge in [0, 0.05) is 0 Å². The van der Waals surface area contributed by atoms with Crippen LogP contribution in [0.2, 0.25) is 0 Å². The molecule has 0 saturated heterocycles. The van der Waals surface area contributed by atoms with Crippen molar-refractivity contribution in [1.82, 2.24) is 0 Å². The summed E-state index contributed by atoms with van der Waals surface area (Å²) in [7, 11) is 1.29. The summed E-state index contributed by atoms with van der Waals surface area (Å²) in [6, 6.07) is 2.85. The quantitative estimate of drug-likeness (QED) is 0.840. The highest BCUT2D eigenvalue weighted by Gasteiger charge is 2.18. The summed E-state index contributed by atoms with van der Waals surface area (Å²) in [5.74, 6) is -0.593. The fraction of sp³-hybridized carbons (Fsp3) is 0.400. The van der Waals surface area contributed by atoms with Gasteiger partial charge in [-0.25, -0.2) is 13.2 Å². The third kappa shape index (κ3) is 2.86. The molecule has 84 valence electrons. The zero-order valence-corrected chi connectivity index (χ0v) is 8.21. The van der Waals surface area contributed by atoms with E-state index in [2.05, 4.69) is 0 Å². The van der Waals surface area contributed by atoms with Gasteiger partial charge in [-0.05, 0) is 18.1 Å². The van der Waals surface area contributed by atoms with Gasteiger partial charge in [0.2, 0.25) is 0 Å². The molecule has 1 aromatic carbocycles. The molecule has 15 heavy (non-hydrogen) atoms.